The smallest absolute Gasteiger partial charge is 0.316 e. The molecule has 0 aromatic heterocycles. The fourth-order valence-corrected chi connectivity index (χ4v) is 1.48. The maximum atomic E-state index is 11.8. The van der Waals surface area contributed by atoms with Gasteiger partial charge in [-0.1, -0.05) is 0 Å². The van der Waals surface area contributed by atoms with Crippen LogP contribution in [0.25, 0.3) is 0 Å². The minimum atomic E-state index is -0.251. The number of benzene rings is 1. The number of nitrogens with zero attached hydrogens (tertiary/aromatic N) is 1. The Balaban J connectivity index is 2.43. The molecular formula is C13H20N4O3. The zero-order valence-corrected chi connectivity index (χ0v) is 11.9. The van der Waals surface area contributed by atoms with E-state index in [1.807, 2.05) is 0 Å². The number of carbonyl (C=O) groups excluding carboxylic acids is 2. The third-order valence-electron chi connectivity index (χ3n) is 2.58. The summed E-state index contributed by atoms with van der Waals surface area (Å²) >= 11 is 0. The summed E-state index contributed by atoms with van der Waals surface area (Å²) in [5.41, 5.74) is 6.58. The Labute approximate surface area is 118 Å². The molecule has 0 aliphatic carbocycles. The standard InChI is InChI=1S/C13H20N4O3/c1-17(2)13(19)16-7-6-15-12(18)9-4-5-11(20-3)10(14)8-9/h4-5,8H,6-7,14H2,1-3H3,(H,15,18)(H,16,19). The second kappa shape index (κ2) is 7.22. The molecule has 110 valence electrons. The van der Waals surface area contributed by atoms with Crippen molar-refractivity contribution in [3.63, 3.8) is 0 Å². The lowest BCUT2D eigenvalue weighted by atomic mass is 10.2. The molecule has 1 aromatic rings. The highest BCUT2D eigenvalue weighted by Crippen LogP contribution is 2.21. The first-order valence-electron chi connectivity index (χ1n) is 6.12. The van der Waals surface area contributed by atoms with E-state index in [2.05, 4.69) is 10.6 Å². The van der Waals surface area contributed by atoms with Gasteiger partial charge in [0.1, 0.15) is 5.75 Å². The topological polar surface area (TPSA) is 96.7 Å². The highest BCUT2D eigenvalue weighted by molar-refractivity contribution is 5.95. The van der Waals surface area contributed by atoms with Crippen LogP contribution in [0, 0.1) is 0 Å². The Morgan fingerprint density at radius 1 is 1.25 bits per heavy atom. The number of nitrogens with two attached hydrogens (primary N) is 1. The molecule has 7 nitrogen and oxygen atoms in total. The molecule has 1 rings (SSSR count). The van der Waals surface area contributed by atoms with Gasteiger partial charge in [0.05, 0.1) is 12.8 Å². The van der Waals surface area contributed by atoms with Gasteiger partial charge in [0, 0.05) is 32.7 Å². The molecule has 0 saturated carbocycles. The van der Waals surface area contributed by atoms with Crippen LogP contribution in [0.15, 0.2) is 18.2 Å². The van der Waals surface area contributed by atoms with Crippen LogP contribution < -0.4 is 21.1 Å². The van der Waals surface area contributed by atoms with Crippen LogP contribution in [-0.4, -0.2) is 51.1 Å². The molecule has 0 aliphatic rings. The zero-order valence-electron chi connectivity index (χ0n) is 11.9. The van der Waals surface area contributed by atoms with Crippen molar-refractivity contribution in [1.29, 1.82) is 0 Å². The number of nitrogen functional groups attached to an aromatic ring is 1. The van der Waals surface area contributed by atoms with Gasteiger partial charge in [0.15, 0.2) is 0 Å². The Bertz CT molecular complexity index is 489. The second-order valence-electron chi connectivity index (χ2n) is 4.34. The molecular weight excluding hydrogens is 260 g/mol. The number of rotatable bonds is 5. The van der Waals surface area contributed by atoms with Gasteiger partial charge in [-0.25, -0.2) is 4.79 Å². The molecule has 0 spiro atoms. The highest BCUT2D eigenvalue weighted by atomic mass is 16.5. The van der Waals surface area contributed by atoms with Crippen molar-refractivity contribution in [3.05, 3.63) is 23.8 Å². The molecule has 0 bridgehead atoms. The summed E-state index contributed by atoms with van der Waals surface area (Å²) in [6.07, 6.45) is 0. The minimum absolute atomic E-state index is 0.201. The van der Waals surface area contributed by atoms with Crippen molar-refractivity contribution in [3.8, 4) is 5.75 Å². The van der Waals surface area contributed by atoms with E-state index in [0.717, 1.165) is 0 Å². The average molecular weight is 280 g/mol. The van der Waals surface area contributed by atoms with Gasteiger partial charge < -0.3 is 26.0 Å². The first-order chi connectivity index (χ1) is 9.45. The summed E-state index contributed by atoms with van der Waals surface area (Å²) in [7, 11) is 4.81. The molecule has 3 amide bonds. The normalized spacial score (nSPS) is 9.75. The number of amides is 3. The summed E-state index contributed by atoms with van der Waals surface area (Å²) in [5, 5.41) is 5.34. The van der Waals surface area contributed by atoms with Gasteiger partial charge >= 0.3 is 6.03 Å². The molecule has 0 unspecified atom stereocenters. The van der Waals surface area contributed by atoms with Crippen molar-refractivity contribution in [2.75, 3.05) is 40.0 Å². The molecule has 0 saturated heterocycles. The fraction of sp³-hybridized carbons (Fsp3) is 0.385. The summed E-state index contributed by atoms with van der Waals surface area (Å²) in [5.74, 6) is 0.276. The molecule has 20 heavy (non-hydrogen) atoms. The lowest BCUT2D eigenvalue weighted by Crippen LogP contribution is -2.39. The van der Waals surface area contributed by atoms with Crippen LogP contribution in [-0.2, 0) is 0 Å². The number of anilines is 1. The van der Waals surface area contributed by atoms with E-state index in [1.165, 1.54) is 12.0 Å². The Morgan fingerprint density at radius 2 is 1.90 bits per heavy atom. The lowest BCUT2D eigenvalue weighted by molar-refractivity contribution is 0.0953. The third kappa shape index (κ3) is 4.34. The molecule has 0 fully saturated rings. The fourth-order valence-electron chi connectivity index (χ4n) is 1.48. The molecule has 0 atom stereocenters. The summed E-state index contributed by atoms with van der Waals surface area (Å²) in [4.78, 5) is 24.5. The molecule has 4 N–H and O–H groups in total. The van der Waals surface area contributed by atoms with E-state index < -0.39 is 0 Å². The van der Waals surface area contributed by atoms with Crippen molar-refractivity contribution in [2.45, 2.75) is 0 Å². The van der Waals surface area contributed by atoms with Crippen LogP contribution >= 0.6 is 0 Å². The first kappa shape index (κ1) is 15.6. The summed E-state index contributed by atoms with van der Waals surface area (Å²) < 4.78 is 5.02. The van der Waals surface area contributed by atoms with Gasteiger partial charge in [-0.05, 0) is 18.2 Å². The number of hydrogen-bond acceptors (Lipinski definition) is 4. The number of methoxy groups -OCH3 is 1. The zero-order chi connectivity index (χ0) is 15.1. The van der Waals surface area contributed by atoms with E-state index in [0.29, 0.717) is 30.1 Å². The molecule has 7 heteroatoms. The number of carbonyl (C=O) groups is 2. The number of urea groups is 1. The van der Waals surface area contributed by atoms with Crippen molar-refractivity contribution < 1.29 is 14.3 Å². The average Bonchev–Trinajstić information content (AvgIpc) is 2.42. The summed E-state index contributed by atoms with van der Waals surface area (Å²) in [6, 6.07) is 4.61. The monoisotopic (exact) mass is 280 g/mol. The number of hydrogen-bond donors (Lipinski definition) is 3. The maximum absolute atomic E-state index is 11.8. The second-order valence-corrected chi connectivity index (χ2v) is 4.34. The van der Waals surface area contributed by atoms with Crippen LogP contribution in [0.4, 0.5) is 10.5 Å². The molecule has 0 radical (unpaired) electrons. The van der Waals surface area contributed by atoms with E-state index in [-0.39, 0.29) is 11.9 Å². The largest absolute Gasteiger partial charge is 0.495 e. The van der Waals surface area contributed by atoms with Gasteiger partial charge in [-0.15, -0.1) is 0 Å². The third-order valence-corrected chi connectivity index (χ3v) is 2.58. The van der Waals surface area contributed by atoms with E-state index in [9.17, 15) is 9.59 Å². The summed E-state index contributed by atoms with van der Waals surface area (Å²) in [6.45, 7) is 0.693. The van der Waals surface area contributed by atoms with E-state index in [1.54, 1.807) is 32.3 Å². The quantitative estimate of drug-likeness (QED) is 0.533. The van der Waals surface area contributed by atoms with Crippen molar-refractivity contribution in [2.24, 2.45) is 0 Å². The molecule has 1 aromatic carbocycles. The minimum Gasteiger partial charge on any atom is -0.495 e. The Morgan fingerprint density at radius 3 is 2.45 bits per heavy atom. The first-order valence-corrected chi connectivity index (χ1v) is 6.12. The van der Waals surface area contributed by atoms with E-state index in [4.69, 9.17) is 10.5 Å². The van der Waals surface area contributed by atoms with Gasteiger partial charge in [0.25, 0.3) is 5.91 Å². The SMILES string of the molecule is COc1ccc(C(=O)NCCNC(=O)N(C)C)cc1N. The van der Waals surface area contributed by atoms with Crippen LogP contribution in [0.3, 0.4) is 0 Å². The highest BCUT2D eigenvalue weighted by Gasteiger charge is 2.08. The van der Waals surface area contributed by atoms with E-state index >= 15 is 0 Å². The van der Waals surface area contributed by atoms with Crippen molar-refractivity contribution >= 4 is 17.6 Å². The predicted molar refractivity (Wildman–Crippen MR) is 76.8 cm³/mol. The van der Waals surface area contributed by atoms with Gasteiger partial charge in [-0.3, -0.25) is 4.79 Å². The lowest BCUT2D eigenvalue weighted by Gasteiger charge is -2.12. The van der Waals surface area contributed by atoms with Crippen LogP contribution in [0.2, 0.25) is 0 Å². The van der Waals surface area contributed by atoms with Gasteiger partial charge in [0.2, 0.25) is 0 Å². The predicted octanol–water partition coefficient (Wildman–Crippen LogP) is 0.278. The molecule has 0 aliphatic heterocycles. The number of ether oxygens (including phenoxy) is 1. The number of nitrogens with one attached hydrogen (secondary N) is 2. The van der Waals surface area contributed by atoms with Gasteiger partial charge in [-0.2, -0.15) is 0 Å². The van der Waals surface area contributed by atoms with Crippen LogP contribution in [0.5, 0.6) is 5.75 Å². The maximum Gasteiger partial charge on any atom is 0.316 e. The van der Waals surface area contributed by atoms with Crippen LogP contribution in [0.1, 0.15) is 10.4 Å². The molecule has 0 heterocycles. The Hall–Kier alpha value is -2.44. The van der Waals surface area contributed by atoms with Crippen molar-refractivity contribution in [1.82, 2.24) is 15.5 Å². The Kier molecular flexibility index (Phi) is 5.64.